The van der Waals surface area contributed by atoms with E-state index in [1.54, 1.807) is 23.1 Å². The third-order valence-electron chi connectivity index (χ3n) is 7.16. The van der Waals surface area contributed by atoms with Gasteiger partial charge in [0.25, 0.3) is 11.8 Å². The van der Waals surface area contributed by atoms with Gasteiger partial charge in [0.05, 0.1) is 23.3 Å². The zero-order chi connectivity index (χ0) is 24.9. The number of carbonyl (C=O) groups excluding carboxylic acids is 6. The fourth-order valence-electron chi connectivity index (χ4n) is 5.44. The van der Waals surface area contributed by atoms with E-state index in [-0.39, 0.29) is 48.5 Å². The monoisotopic (exact) mass is 482 g/mol. The van der Waals surface area contributed by atoms with Crippen LogP contribution in [0.5, 0.6) is 0 Å². The average Bonchev–Trinajstić information content (AvgIpc) is 3.03. The van der Waals surface area contributed by atoms with Crippen LogP contribution in [-0.2, 0) is 19.2 Å². The van der Waals surface area contributed by atoms with Gasteiger partial charge in [-0.3, -0.25) is 43.9 Å². The van der Waals surface area contributed by atoms with E-state index in [4.69, 9.17) is 5.73 Å². The maximum Gasteiger partial charge on any atom is 0.262 e. The van der Waals surface area contributed by atoms with Crippen LogP contribution in [0.2, 0.25) is 0 Å². The van der Waals surface area contributed by atoms with Crippen molar-refractivity contribution in [1.82, 2.24) is 25.3 Å². The van der Waals surface area contributed by atoms with Crippen molar-refractivity contribution in [3.8, 4) is 0 Å². The molecular formula is C23H26N6O6. The number of nitrogens with one attached hydrogen (secondary N) is 2. The highest BCUT2D eigenvalue weighted by Gasteiger charge is 2.48. The van der Waals surface area contributed by atoms with E-state index in [9.17, 15) is 28.8 Å². The summed E-state index contributed by atoms with van der Waals surface area (Å²) in [5.41, 5.74) is 6.30. The molecule has 3 unspecified atom stereocenters. The molecule has 0 radical (unpaired) electrons. The molecule has 35 heavy (non-hydrogen) atoms. The highest BCUT2D eigenvalue weighted by atomic mass is 16.2. The Bertz CT molecular complexity index is 1150. The second kappa shape index (κ2) is 8.86. The first kappa shape index (κ1) is 23.1. The number of hydrogen-bond donors (Lipinski definition) is 3. The molecule has 3 atom stereocenters. The molecule has 0 aliphatic carbocycles. The van der Waals surface area contributed by atoms with Gasteiger partial charge in [-0.2, -0.15) is 0 Å². The molecule has 12 heteroatoms. The topological polar surface area (TPSA) is 162 Å². The van der Waals surface area contributed by atoms with E-state index in [0.717, 1.165) is 4.90 Å². The average molecular weight is 482 g/mol. The summed E-state index contributed by atoms with van der Waals surface area (Å²) in [6.07, 6.45) is 0.242. The van der Waals surface area contributed by atoms with Crippen LogP contribution in [0.25, 0.3) is 0 Å². The molecule has 3 fully saturated rings. The smallest absolute Gasteiger partial charge is 0.262 e. The Morgan fingerprint density at radius 1 is 1.03 bits per heavy atom. The van der Waals surface area contributed by atoms with Crippen LogP contribution in [0, 0.1) is 0 Å². The number of hydrogen-bond acceptors (Lipinski definition) is 8. The van der Waals surface area contributed by atoms with Crippen molar-refractivity contribution in [3.63, 3.8) is 0 Å². The number of piperazine rings is 1. The van der Waals surface area contributed by atoms with E-state index >= 15 is 0 Å². The predicted molar refractivity (Wildman–Crippen MR) is 119 cm³/mol. The van der Waals surface area contributed by atoms with Crippen LogP contribution in [0.15, 0.2) is 18.2 Å². The number of fused-ring (bicyclic) bond motifs is 1. The summed E-state index contributed by atoms with van der Waals surface area (Å²) in [4.78, 5) is 79.2. The van der Waals surface area contributed by atoms with Gasteiger partial charge in [-0.25, -0.2) is 0 Å². The summed E-state index contributed by atoms with van der Waals surface area (Å²) < 4.78 is 0. The molecule has 4 aliphatic heterocycles. The van der Waals surface area contributed by atoms with Crippen LogP contribution in [-0.4, -0.2) is 88.5 Å². The summed E-state index contributed by atoms with van der Waals surface area (Å²) >= 11 is 0. The van der Waals surface area contributed by atoms with Crippen molar-refractivity contribution in [1.29, 1.82) is 0 Å². The van der Waals surface area contributed by atoms with Gasteiger partial charge in [-0.1, -0.05) is 12.1 Å². The van der Waals surface area contributed by atoms with Crippen molar-refractivity contribution < 1.29 is 28.8 Å². The lowest BCUT2D eigenvalue weighted by atomic mass is 9.93. The molecule has 0 aromatic heterocycles. The molecule has 4 N–H and O–H groups in total. The van der Waals surface area contributed by atoms with Gasteiger partial charge < -0.3 is 16.0 Å². The molecule has 184 valence electrons. The Labute approximate surface area is 200 Å². The van der Waals surface area contributed by atoms with E-state index in [1.807, 2.05) is 0 Å². The molecular weight excluding hydrogens is 456 g/mol. The van der Waals surface area contributed by atoms with E-state index < -0.39 is 35.6 Å². The maximum absolute atomic E-state index is 13.5. The van der Waals surface area contributed by atoms with Gasteiger partial charge in [0.2, 0.25) is 23.6 Å². The number of carbonyl (C=O) groups is 6. The van der Waals surface area contributed by atoms with Crippen molar-refractivity contribution in [3.05, 3.63) is 34.9 Å². The van der Waals surface area contributed by atoms with Gasteiger partial charge in [-0.05, 0) is 24.5 Å². The molecule has 0 spiro atoms. The van der Waals surface area contributed by atoms with Crippen molar-refractivity contribution >= 4 is 35.4 Å². The molecule has 12 nitrogen and oxygen atoms in total. The number of piperidine rings is 1. The van der Waals surface area contributed by atoms with Gasteiger partial charge >= 0.3 is 0 Å². The largest absolute Gasteiger partial charge is 0.369 e. The fraction of sp³-hybridized carbons (Fsp3) is 0.478. The Morgan fingerprint density at radius 2 is 1.83 bits per heavy atom. The first-order valence-electron chi connectivity index (χ1n) is 11.7. The highest BCUT2D eigenvalue weighted by molar-refractivity contribution is 6.24. The first-order chi connectivity index (χ1) is 16.8. The second-order valence-corrected chi connectivity index (χ2v) is 9.17. The number of amides is 6. The van der Waals surface area contributed by atoms with Gasteiger partial charge in [0.1, 0.15) is 12.5 Å². The van der Waals surface area contributed by atoms with E-state index in [0.29, 0.717) is 38.2 Å². The Hall–Kier alpha value is -3.64. The third kappa shape index (κ3) is 3.88. The van der Waals surface area contributed by atoms with Crippen LogP contribution in [0.3, 0.4) is 0 Å². The number of rotatable bonds is 5. The fourth-order valence-corrected chi connectivity index (χ4v) is 5.44. The van der Waals surface area contributed by atoms with E-state index in [1.165, 1.54) is 0 Å². The Kier molecular flexibility index (Phi) is 5.85. The summed E-state index contributed by atoms with van der Waals surface area (Å²) in [6, 6.07) is 3.71. The van der Waals surface area contributed by atoms with Crippen molar-refractivity contribution in [2.24, 2.45) is 5.73 Å². The predicted octanol–water partition coefficient (Wildman–Crippen LogP) is -1.53. The quantitative estimate of drug-likeness (QED) is 0.336. The molecule has 1 aromatic rings. The van der Waals surface area contributed by atoms with Crippen molar-refractivity contribution in [2.75, 3.05) is 26.2 Å². The molecule has 0 bridgehead atoms. The van der Waals surface area contributed by atoms with Crippen LogP contribution in [0.1, 0.15) is 58.0 Å². The summed E-state index contributed by atoms with van der Waals surface area (Å²) in [6.45, 7) is 2.28. The summed E-state index contributed by atoms with van der Waals surface area (Å²) in [5, 5.41) is 5.52. The zero-order valence-electron chi connectivity index (χ0n) is 19.0. The van der Waals surface area contributed by atoms with Crippen molar-refractivity contribution in [2.45, 2.75) is 43.9 Å². The highest BCUT2D eigenvalue weighted by Crippen LogP contribution is 2.37. The standard InChI is InChI=1S/C23H26N6O6/c24-16(30)10-19(32)28-8-6-18(28)27-9-7-25-11-15(27)12-2-1-3-13-20(12)23(35)29(22(13)34)14-4-5-17(31)26-21(14)33/h1-3,14-15,18,25H,4-11H2,(H2,24,30)(H,26,31,33). The van der Waals surface area contributed by atoms with Gasteiger partial charge in [0.15, 0.2) is 0 Å². The lowest BCUT2D eigenvalue weighted by Crippen LogP contribution is -2.64. The summed E-state index contributed by atoms with van der Waals surface area (Å²) in [7, 11) is 0. The van der Waals surface area contributed by atoms with Gasteiger partial charge in [-0.15, -0.1) is 0 Å². The molecule has 5 rings (SSSR count). The zero-order valence-corrected chi connectivity index (χ0v) is 19.0. The third-order valence-corrected chi connectivity index (χ3v) is 7.16. The Morgan fingerprint density at radius 3 is 2.51 bits per heavy atom. The minimum atomic E-state index is -1.04. The van der Waals surface area contributed by atoms with Crippen LogP contribution < -0.4 is 16.4 Å². The second-order valence-electron chi connectivity index (χ2n) is 9.17. The number of nitrogens with zero attached hydrogens (tertiary/aromatic N) is 3. The minimum Gasteiger partial charge on any atom is -0.369 e. The van der Waals surface area contributed by atoms with Crippen LogP contribution >= 0.6 is 0 Å². The minimum absolute atomic E-state index is 0.0494. The number of imide groups is 2. The number of nitrogens with two attached hydrogens (primary N) is 1. The van der Waals surface area contributed by atoms with E-state index in [2.05, 4.69) is 15.5 Å². The molecule has 6 amide bonds. The maximum atomic E-state index is 13.5. The lowest BCUT2D eigenvalue weighted by Gasteiger charge is -2.51. The SMILES string of the molecule is NC(=O)CC(=O)N1CCC1N1CCNCC1c1cccc2c1C(=O)N(C1CCC(=O)NC1=O)C2=O. The normalized spacial score (nSPS) is 26.9. The molecule has 0 saturated carbocycles. The number of likely N-dealkylation sites (tertiary alicyclic amines) is 1. The molecule has 4 heterocycles. The lowest BCUT2D eigenvalue weighted by molar-refractivity contribution is -0.152. The first-order valence-corrected chi connectivity index (χ1v) is 11.7. The Balaban J connectivity index is 1.45. The summed E-state index contributed by atoms with van der Waals surface area (Å²) in [5.74, 6) is -3.22. The molecule has 3 saturated heterocycles. The van der Waals surface area contributed by atoms with Gasteiger partial charge in [0, 0.05) is 32.6 Å². The number of primary amides is 1. The molecule has 4 aliphatic rings. The van der Waals surface area contributed by atoms with Crippen LogP contribution in [0.4, 0.5) is 0 Å². The molecule has 1 aromatic carbocycles. The number of benzene rings is 1.